The van der Waals surface area contributed by atoms with Gasteiger partial charge in [-0.2, -0.15) is 0 Å². The second-order valence-electron chi connectivity index (χ2n) is 6.75. The lowest BCUT2D eigenvalue weighted by Gasteiger charge is -2.17. The van der Waals surface area contributed by atoms with Crippen LogP contribution in [0.2, 0.25) is 0 Å². The molecule has 0 bridgehead atoms. The first-order valence-electron chi connectivity index (χ1n) is 9.20. The number of carbonyl (C=O) groups excluding carboxylic acids is 2. The second-order valence-corrected chi connectivity index (χ2v) is 6.75. The first-order chi connectivity index (χ1) is 14.1. The van der Waals surface area contributed by atoms with Crippen LogP contribution in [0.4, 0.5) is 5.69 Å². The van der Waals surface area contributed by atoms with Gasteiger partial charge in [0.15, 0.2) is 11.5 Å². The molecular weight excluding hydrogens is 368 g/mol. The number of anilines is 1. The molecule has 0 unspecified atom stereocenters. The van der Waals surface area contributed by atoms with Crippen LogP contribution in [0.1, 0.15) is 26.3 Å². The molecule has 0 saturated carbocycles. The van der Waals surface area contributed by atoms with Crippen molar-refractivity contribution in [3.8, 4) is 11.5 Å². The van der Waals surface area contributed by atoms with Crippen molar-refractivity contribution in [2.24, 2.45) is 0 Å². The van der Waals surface area contributed by atoms with E-state index in [4.69, 9.17) is 9.47 Å². The zero-order valence-electron chi connectivity index (χ0n) is 15.9. The lowest BCUT2D eigenvalue weighted by molar-refractivity contribution is 0.0784. The van der Waals surface area contributed by atoms with Crippen molar-refractivity contribution in [3.05, 3.63) is 89.5 Å². The van der Waals surface area contributed by atoms with E-state index < -0.39 is 0 Å². The van der Waals surface area contributed by atoms with Gasteiger partial charge in [-0.1, -0.05) is 30.3 Å². The fraction of sp³-hybridized carbons (Fsp3) is 0.130. The fourth-order valence-corrected chi connectivity index (χ4v) is 3.09. The van der Waals surface area contributed by atoms with E-state index in [1.165, 1.54) is 0 Å². The molecule has 0 saturated heterocycles. The molecule has 0 atom stereocenters. The summed E-state index contributed by atoms with van der Waals surface area (Å²) in [5.74, 6) is 0.896. The minimum absolute atomic E-state index is 0.100. The van der Waals surface area contributed by atoms with Gasteiger partial charge in [-0.15, -0.1) is 0 Å². The molecule has 4 rings (SSSR count). The lowest BCUT2D eigenvalue weighted by atomic mass is 10.1. The van der Waals surface area contributed by atoms with Gasteiger partial charge in [0.05, 0.1) is 0 Å². The standard InChI is InChI=1S/C23H20N2O4/c1-25(14-16-5-3-2-4-6-16)23(27)18-9-7-17(8-10-18)22(26)24-19-11-12-20-21(13-19)29-15-28-20/h2-13H,14-15H2,1H3,(H,24,26). The average Bonchev–Trinajstić information content (AvgIpc) is 3.22. The summed E-state index contributed by atoms with van der Waals surface area (Å²) in [6.07, 6.45) is 0. The van der Waals surface area contributed by atoms with Crippen LogP contribution < -0.4 is 14.8 Å². The van der Waals surface area contributed by atoms with Crippen LogP contribution in [0.25, 0.3) is 0 Å². The van der Waals surface area contributed by atoms with Crippen LogP contribution in [0.15, 0.2) is 72.8 Å². The van der Waals surface area contributed by atoms with Gasteiger partial charge < -0.3 is 19.7 Å². The van der Waals surface area contributed by atoms with E-state index in [1.807, 2.05) is 30.3 Å². The molecule has 1 N–H and O–H groups in total. The number of carbonyl (C=O) groups is 2. The number of hydrogen-bond donors (Lipinski definition) is 1. The highest BCUT2D eigenvalue weighted by Crippen LogP contribution is 2.34. The molecule has 0 fully saturated rings. The normalized spacial score (nSPS) is 11.8. The monoisotopic (exact) mass is 388 g/mol. The first-order valence-corrected chi connectivity index (χ1v) is 9.20. The molecule has 3 aromatic carbocycles. The fourth-order valence-electron chi connectivity index (χ4n) is 3.09. The number of rotatable bonds is 5. The predicted molar refractivity (Wildman–Crippen MR) is 109 cm³/mol. The zero-order valence-corrected chi connectivity index (χ0v) is 15.9. The minimum Gasteiger partial charge on any atom is -0.454 e. The summed E-state index contributed by atoms with van der Waals surface area (Å²) in [6, 6.07) is 21.6. The Bertz CT molecular complexity index is 1030. The highest BCUT2D eigenvalue weighted by molar-refractivity contribution is 6.05. The van der Waals surface area contributed by atoms with Gasteiger partial charge in [-0.05, 0) is 42.0 Å². The van der Waals surface area contributed by atoms with Crippen LogP contribution in [0.5, 0.6) is 11.5 Å². The summed E-state index contributed by atoms with van der Waals surface area (Å²) in [7, 11) is 1.76. The molecular formula is C23H20N2O4. The van der Waals surface area contributed by atoms with E-state index in [2.05, 4.69) is 5.32 Å². The van der Waals surface area contributed by atoms with Gasteiger partial charge >= 0.3 is 0 Å². The van der Waals surface area contributed by atoms with Crippen molar-refractivity contribution in [1.29, 1.82) is 0 Å². The molecule has 0 aromatic heterocycles. The third-order valence-corrected chi connectivity index (χ3v) is 4.63. The average molecular weight is 388 g/mol. The largest absolute Gasteiger partial charge is 0.454 e. The van der Waals surface area contributed by atoms with Crippen LogP contribution in [0, 0.1) is 0 Å². The van der Waals surface area contributed by atoms with Crippen molar-refractivity contribution >= 4 is 17.5 Å². The molecule has 1 aliphatic rings. The van der Waals surface area contributed by atoms with E-state index in [1.54, 1.807) is 54.4 Å². The Balaban J connectivity index is 1.40. The maximum Gasteiger partial charge on any atom is 0.255 e. The number of amides is 2. The highest BCUT2D eigenvalue weighted by atomic mass is 16.7. The van der Waals surface area contributed by atoms with E-state index >= 15 is 0 Å². The van der Waals surface area contributed by atoms with E-state index in [-0.39, 0.29) is 18.6 Å². The van der Waals surface area contributed by atoms with Crippen molar-refractivity contribution in [2.75, 3.05) is 19.2 Å². The number of benzene rings is 3. The van der Waals surface area contributed by atoms with Crippen LogP contribution in [-0.4, -0.2) is 30.6 Å². The SMILES string of the molecule is CN(Cc1ccccc1)C(=O)c1ccc(C(=O)Nc2ccc3c(c2)OCO3)cc1. The summed E-state index contributed by atoms with van der Waals surface area (Å²) in [4.78, 5) is 26.8. The molecule has 1 aliphatic heterocycles. The van der Waals surface area contributed by atoms with Gasteiger partial charge in [0.1, 0.15) is 0 Å². The number of hydrogen-bond acceptors (Lipinski definition) is 4. The van der Waals surface area contributed by atoms with Crippen molar-refractivity contribution in [3.63, 3.8) is 0 Å². The van der Waals surface area contributed by atoms with Gasteiger partial charge in [0, 0.05) is 36.5 Å². The summed E-state index contributed by atoms with van der Waals surface area (Å²) in [5.41, 5.74) is 2.66. The summed E-state index contributed by atoms with van der Waals surface area (Å²) >= 11 is 0. The molecule has 0 radical (unpaired) electrons. The molecule has 3 aromatic rings. The van der Waals surface area contributed by atoms with E-state index in [9.17, 15) is 9.59 Å². The number of nitrogens with zero attached hydrogens (tertiary/aromatic N) is 1. The van der Waals surface area contributed by atoms with Crippen LogP contribution in [-0.2, 0) is 6.54 Å². The molecule has 1 heterocycles. The van der Waals surface area contributed by atoms with Gasteiger partial charge in [-0.25, -0.2) is 0 Å². The summed E-state index contributed by atoms with van der Waals surface area (Å²) in [5, 5.41) is 2.82. The molecule has 0 spiro atoms. The van der Waals surface area contributed by atoms with Gasteiger partial charge in [-0.3, -0.25) is 9.59 Å². The predicted octanol–water partition coefficient (Wildman–Crippen LogP) is 3.94. The minimum atomic E-state index is -0.263. The molecule has 29 heavy (non-hydrogen) atoms. The van der Waals surface area contributed by atoms with Crippen LogP contribution >= 0.6 is 0 Å². The molecule has 6 heteroatoms. The third kappa shape index (κ3) is 4.21. The van der Waals surface area contributed by atoms with Crippen molar-refractivity contribution in [2.45, 2.75) is 6.54 Å². The molecule has 6 nitrogen and oxygen atoms in total. The van der Waals surface area contributed by atoms with Gasteiger partial charge in [0.25, 0.3) is 11.8 Å². The maximum absolute atomic E-state index is 12.6. The van der Waals surface area contributed by atoms with Crippen LogP contribution in [0.3, 0.4) is 0 Å². The van der Waals surface area contributed by atoms with Crippen molar-refractivity contribution < 1.29 is 19.1 Å². The van der Waals surface area contributed by atoms with Gasteiger partial charge in [0.2, 0.25) is 6.79 Å². The molecule has 0 aliphatic carbocycles. The molecule has 2 amide bonds. The Labute approximate surface area is 168 Å². The Morgan fingerprint density at radius 1 is 0.897 bits per heavy atom. The Morgan fingerprint density at radius 2 is 1.59 bits per heavy atom. The smallest absolute Gasteiger partial charge is 0.255 e. The quantitative estimate of drug-likeness (QED) is 0.719. The third-order valence-electron chi connectivity index (χ3n) is 4.63. The number of fused-ring (bicyclic) bond motifs is 1. The lowest BCUT2D eigenvalue weighted by Crippen LogP contribution is -2.26. The maximum atomic E-state index is 12.6. The number of ether oxygens (including phenoxy) is 2. The number of nitrogens with one attached hydrogen (secondary N) is 1. The zero-order chi connectivity index (χ0) is 20.2. The summed E-state index contributed by atoms with van der Waals surface area (Å²) in [6.45, 7) is 0.701. The van der Waals surface area contributed by atoms with Crippen molar-refractivity contribution in [1.82, 2.24) is 4.90 Å². The Hall–Kier alpha value is -3.80. The molecule has 146 valence electrons. The van der Waals surface area contributed by atoms with E-state index in [0.717, 1.165) is 5.56 Å². The second kappa shape index (κ2) is 8.06. The Morgan fingerprint density at radius 3 is 2.34 bits per heavy atom. The topological polar surface area (TPSA) is 67.9 Å². The van der Waals surface area contributed by atoms with E-state index in [0.29, 0.717) is 34.9 Å². The summed E-state index contributed by atoms with van der Waals surface area (Å²) < 4.78 is 10.6. The Kier molecular flexibility index (Phi) is 5.16. The first kappa shape index (κ1) is 18.6. The highest BCUT2D eigenvalue weighted by Gasteiger charge is 2.16.